The Bertz CT molecular complexity index is 1390. The molecule has 0 spiro atoms. The van der Waals surface area contributed by atoms with E-state index in [9.17, 15) is 18.0 Å². The molecule has 0 amide bonds. The molecular formula is C28H24O10S. The van der Waals surface area contributed by atoms with Crippen LogP contribution in [-0.4, -0.2) is 63.5 Å². The van der Waals surface area contributed by atoms with Crippen LogP contribution in [0, 0.1) is 6.92 Å². The van der Waals surface area contributed by atoms with Crippen molar-refractivity contribution in [2.45, 2.75) is 54.9 Å². The number of carbonyl (C=O) groups excluding carboxylic acids is 2. The maximum Gasteiger partial charge on any atom is 0.338 e. The fourth-order valence-corrected chi connectivity index (χ4v) is 5.98. The Kier molecular flexibility index (Phi) is 6.69. The second-order valence-electron chi connectivity index (χ2n) is 9.39. The summed E-state index contributed by atoms with van der Waals surface area (Å²) >= 11 is 0. The molecule has 4 aliphatic rings. The second kappa shape index (κ2) is 10.2. The van der Waals surface area contributed by atoms with Gasteiger partial charge in [-0.05, 0) is 43.3 Å². The molecule has 1 aliphatic carbocycles. The van der Waals surface area contributed by atoms with Crippen molar-refractivity contribution >= 4 is 22.1 Å². The molecule has 10 nitrogen and oxygen atoms in total. The zero-order valence-electron chi connectivity index (χ0n) is 20.6. The minimum atomic E-state index is -4.31. The van der Waals surface area contributed by atoms with Crippen molar-refractivity contribution in [3.05, 3.63) is 102 Å². The van der Waals surface area contributed by atoms with E-state index in [4.69, 9.17) is 27.9 Å². The molecular weight excluding hydrogens is 528 g/mol. The fraction of sp³-hybridized carbons (Fsp3) is 0.286. The highest BCUT2D eigenvalue weighted by Crippen LogP contribution is 2.44. The van der Waals surface area contributed by atoms with Gasteiger partial charge in [-0.3, -0.25) is 4.18 Å². The van der Waals surface area contributed by atoms with E-state index >= 15 is 0 Å². The van der Waals surface area contributed by atoms with Crippen LogP contribution in [0.2, 0.25) is 0 Å². The zero-order chi connectivity index (χ0) is 27.1. The molecule has 0 radical (unpaired) electrons. The van der Waals surface area contributed by atoms with Gasteiger partial charge < -0.3 is 23.7 Å². The van der Waals surface area contributed by atoms with E-state index in [1.165, 1.54) is 12.1 Å². The summed E-state index contributed by atoms with van der Waals surface area (Å²) in [4.78, 5) is 25.9. The van der Waals surface area contributed by atoms with Gasteiger partial charge in [-0.15, -0.1) is 0 Å². The lowest BCUT2D eigenvalue weighted by Gasteiger charge is -2.57. The van der Waals surface area contributed by atoms with Crippen molar-refractivity contribution < 1.29 is 45.9 Å². The highest BCUT2D eigenvalue weighted by Gasteiger charge is 2.66. The van der Waals surface area contributed by atoms with E-state index in [-0.39, 0.29) is 16.0 Å². The van der Waals surface area contributed by atoms with Gasteiger partial charge >= 0.3 is 11.9 Å². The highest BCUT2D eigenvalue weighted by atomic mass is 32.2. The van der Waals surface area contributed by atoms with E-state index in [0.29, 0.717) is 0 Å². The first-order valence-electron chi connectivity index (χ1n) is 12.3. The van der Waals surface area contributed by atoms with Crippen LogP contribution in [0.4, 0.5) is 0 Å². The Hall–Kier alpha value is -3.61. The summed E-state index contributed by atoms with van der Waals surface area (Å²) in [6.45, 7) is 0.652. The molecule has 3 heterocycles. The van der Waals surface area contributed by atoms with Crippen LogP contribution >= 0.6 is 0 Å². The number of rotatable bonds is 7. The highest BCUT2D eigenvalue weighted by molar-refractivity contribution is 7.86. The largest absolute Gasteiger partial charge is 0.453 e. The molecule has 11 heteroatoms. The first kappa shape index (κ1) is 25.7. The molecule has 3 aliphatic heterocycles. The Morgan fingerprint density at radius 2 is 1.08 bits per heavy atom. The Balaban J connectivity index is 1.33. The average molecular weight is 553 g/mol. The maximum absolute atomic E-state index is 13.3. The Morgan fingerprint density at radius 3 is 1.54 bits per heavy atom. The third kappa shape index (κ3) is 4.95. The fourth-order valence-electron chi connectivity index (χ4n) is 4.88. The standard InChI is InChI=1S/C28H24O10S/c1-16-12-14-19(15-13-16)39(31,32)38-25-23-20(33-26(29)17-8-4-2-5-9-17)22-21(24(25)37-28(35-22)36-23)34-27(30)18-10-6-3-7-11-18/h2-15,20-25,28H,1H3/t20-,21-,22?,23-,24+,25?,28?/m0/s1. The molecule has 3 unspecified atom stereocenters. The zero-order valence-corrected chi connectivity index (χ0v) is 21.4. The summed E-state index contributed by atoms with van der Waals surface area (Å²) in [7, 11) is -4.31. The van der Waals surface area contributed by atoms with Crippen LogP contribution in [0.15, 0.2) is 89.8 Å². The molecule has 3 aromatic rings. The number of benzene rings is 3. The van der Waals surface area contributed by atoms with Crippen LogP contribution in [0.3, 0.4) is 0 Å². The SMILES string of the molecule is Cc1ccc(S(=O)(=O)OC2[C@H]3OC4OC([C@@H]3OC(=O)c3ccccc3)[C@H](OC(=O)c3ccccc3)[C@H]2O4)cc1. The topological polar surface area (TPSA) is 124 Å². The lowest BCUT2D eigenvalue weighted by molar-refractivity contribution is -0.476. The van der Waals surface area contributed by atoms with Gasteiger partial charge in [0.25, 0.3) is 16.6 Å². The van der Waals surface area contributed by atoms with Crippen molar-refractivity contribution in [3.63, 3.8) is 0 Å². The summed E-state index contributed by atoms with van der Waals surface area (Å²) in [6, 6.07) is 22.7. The van der Waals surface area contributed by atoms with Gasteiger partial charge in [-0.1, -0.05) is 54.1 Å². The van der Waals surface area contributed by atoms with Crippen molar-refractivity contribution in [2.24, 2.45) is 0 Å². The first-order chi connectivity index (χ1) is 18.8. The van der Waals surface area contributed by atoms with Gasteiger partial charge in [0.15, 0.2) is 12.2 Å². The molecule has 7 atom stereocenters. The van der Waals surface area contributed by atoms with Crippen LogP contribution < -0.4 is 0 Å². The molecule has 7 rings (SSSR count). The minimum absolute atomic E-state index is 0.0752. The summed E-state index contributed by atoms with van der Waals surface area (Å²) < 4.78 is 61.1. The molecule has 3 saturated heterocycles. The monoisotopic (exact) mass is 552 g/mol. The van der Waals surface area contributed by atoms with Crippen LogP contribution in [0.1, 0.15) is 26.3 Å². The number of hydrogen-bond donors (Lipinski definition) is 0. The van der Waals surface area contributed by atoms with Crippen LogP contribution in [-0.2, 0) is 38.0 Å². The predicted octanol–water partition coefficient (Wildman–Crippen LogP) is 3.00. The quantitative estimate of drug-likeness (QED) is 0.319. The Labute approximate surface area is 224 Å². The molecule has 1 saturated carbocycles. The van der Waals surface area contributed by atoms with E-state index < -0.39 is 65.2 Å². The van der Waals surface area contributed by atoms with E-state index in [1.54, 1.807) is 72.8 Å². The van der Waals surface area contributed by atoms with Crippen molar-refractivity contribution in [1.82, 2.24) is 0 Å². The molecule has 39 heavy (non-hydrogen) atoms. The molecule has 0 aromatic heterocycles. The molecule has 0 N–H and O–H groups in total. The number of ether oxygens (including phenoxy) is 5. The first-order valence-corrected chi connectivity index (χ1v) is 13.7. The lowest BCUT2D eigenvalue weighted by atomic mass is 9.82. The van der Waals surface area contributed by atoms with Gasteiger partial charge in [-0.2, -0.15) is 8.42 Å². The molecule has 4 fully saturated rings. The number of aryl methyl sites for hydroxylation is 1. The number of carbonyl (C=O) groups is 2. The van der Waals surface area contributed by atoms with Gasteiger partial charge in [-0.25, -0.2) is 9.59 Å². The number of esters is 2. The molecule has 3 aromatic carbocycles. The third-order valence-corrected chi connectivity index (χ3v) is 8.13. The van der Waals surface area contributed by atoms with E-state index in [2.05, 4.69) is 0 Å². The van der Waals surface area contributed by atoms with Gasteiger partial charge in [0.2, 0.25) is 0 Å². The van der Waals surface area contributed by atoms with Gasteiger partial charge in [0.05, 0.1) is 16.0 Å². The van der Waals surface area contributed by atoms with Crippen LogP contribution in [0.5, 0.6) is 0 Å². The van der Waals surface area contributed by atoms with E-state index in [1.807, 2.05) is 6.92 Å². The Morgan fingerprint density at radius 1 is 0.641 bits per heavy atom. The summed E-state index contributed by atoms with van der Waals surface area (Å²) in [5.41, 5.74) is 1.41. The lowest BCUT2D eigenvalue weighted by Crippen LogP contribution is -2.76. The molecule has 4 bridgehead atoms. The average Bonchev–Trinajstić information content (AvgIpc) is 2.95. The number of hydrogen-bond acceptors (Lipinski definition) is 10. The maximum atomic E-state index is 13.3. The third-order valence-electron chi connectivity index (χ3n) is 6.80. The molecule has 202 valence electrons. The van der Waals surface area contributed by atoms with E-state index in [0.717, 1.165) is 5.56 Å². The predicted molar refractivity (Wildman–Crippen MR) is 133 cm³/mol. The van der Waals surface area contributed by atoms with Crippen molar-refractivity contribution in [3.8, 4) is 0 Å². The van der Waals surface area contributed by atoms with Crippen LogP contribution in [0.25, 0.3) is 0 Å². The summed E-state index contributed by atoms with van der Waals surface area (Å²) in [6.07, 6.45) is -6.79. The minimum Gasteiger partial charge on any atom is -0.453 e. The van der Waals surface area contributed by atoms with Gasteiger partial charge in [0, 0.05) is 0 Å². The van der Waals surface area contributed by atoms with Crippen molar-refractivity contribution in [1.29, 1.82) is 0 Å². The summed E-state index contributed by atoms with van der Waals surface area (Å²) in [5, 5.41) is 0. The smallest absolute Gasteiger partial charge is 0.338 e. The second-order valence-corrected chi connectivity index (χ2v) is 11.0. The van der Waals surface area contributed by atoms with Gasteiger partial charge in [0.1, 0.15) is 24.4 Å². The van der Waals surface area contributed by atoms with Crippen molar-refractivity contribution in [2.75, 3.05) is 0 Å². The normalized spacial score (nSPS) is 29.1. The summed E-state index contributed by atoms with van der Waals surface area (Å²) in [5.74, 6) is -1.37.